The first-order valence-electron chi connectivity index (χ1n) is 7.19. The minimum Gasteiger partial charge on any atom is -0.452 e. The molecule has 134 valence electrons. The highest BCUT2D eigenvalue weighted by atomic mass is 31.2. The number of hydrogen-bond acceptors (Lipinski definition) is 8. The Hall–Kier alpha value is -1.83. The number of hydrogen-bond donors (Lipinski definition) is 0. The van der Waals surface area contributed by atoms with Gasteiger partial charge in [0.1, 0.15) is 0 Å². The molecular formula is C15H21O8P. The summed E-state index contributed by atoms with van der Waals surface area (Å²) in [6.07, 6.45) is 8.23. The van der Waals surface area contributed by atoms with E-state index in [-0.39, 0.29) is 39.3 Å². The van der Waals surface area contributed by atoms with Gasteiger partial charge in [-0.1, -0.05) is 11.8 Å². The third-order valence-corrected chi connectivity index (χ3v) is 3.98. The highest BCUT2D eigenvalue weighted by Crippen LogP contribution is 2.50. The van der Waals surface area contributed by atoms with Gasteiger partial charge in [-0.3, -0.25) is 18.4 Å². The molecule has 0 amide bonds. The molecule has 0 aromatic carbocycles. The summed E-state index contributed by atoms with van der Waals surface area (Å²) in [6.45, 7) is 2.74. The van der Waals surface area contributed by atoms with Crippen molar-refractivity contribution in [1.82, 2.24) is 0 Å². The Kier molecular flexibility index (Phi) is 11.6. The highest BCUT2D eigenvalue weighted by molar-refractivity contribution is 7.48. The number of ether oxygens (including phenoxy) is 2. The molecule has 0 N–H and O–H groups in total. The molecule has 0 aliphatic carbocycles. The van der Waals surface area contributed by atoms with Gasteiger partial charge in [0.05, 0.1) is 13.2 Å². The zero-order valence-corrected chi connectivity index (χ0v) is 14.6. The van der Waals surface area contributed by atoms with E-state index < -0.39 is 25.9 Å². The summed E-state index contributed by atoms with van der Waals surface area (Å²) in [4.78, 5) is 23.4. The summed E-state index contributed by atoms with van der Waals surface area (Å²) < 4.78 is 36.8. The molecule has 0 aromatic heterocycles. The lowest BCUT2D eigenvalue weighted by Crippen LogP contribution is -2.28. The average Bonchev–Trinajstić information content (AvgIpc) is 2.54. The van der Waals surface area contributed by atoms with Gasteiger partial charge in [0.2, 0.25) is 0 Å². The van der Waals surface area contributed by atoms with E-state index in [1.165, 1.54) is 0 Å². The normalized spacial score (nSPS) is 11.8. The van der Waals surface area contributed by atoms with Gasteiger partial charge in [0.25, 0.3) is 0 Å². The topological polar surface area (TPSA) is 97.4 Å². The lowest BCUT2D eigenvalue weighted by atomic mass is 10.2. The predicted molar refractivity (Wildman–Crippen MR) is 84.5 cm³/mol. The minimum absolute atomic E-state index is 0.0353. The largest absolute Gasteiger partial charge is 0.475 e. The number of carbonyl (C=O) groups excluding carboxylic acids is 2. The van der Waals surface area contributed by atoms with Gasteiger partial charge in [-0.25, -0.2) is 9.36 Å². The van der Waals surface area contributed by atoms with E-state index in [1.807, 2.05) is 0 Å². The predicted octanol–water partition coefficient (Wildman–Crippen LogP) is 1.69. The molecule has 0 aliphatic heterocycles. The molecule has 24 heavy (non-hydrogen) atoms. The van der Waals surface area contributed by atoms with Gasteiger partial charge in [0.15, 0.2) is 19.3 Å². The molecule has 0 saturated carbocycles. The second-order valence-electron chi connectivity index (χ2n) is 4.09. The zero-order chi connectivity index (χ0) is 18.4. The van der Waals surface area contributed by atoms with Crippen LogP contribution in [0.3, 0.4) is 0 Å². The molecule has 1 unspecified atom stereocenters. The second kappa shape index (κ2) is 12.6. The van der Waals surface area contributed by atoms with E-state index in [9.17, 15) is 14.2 Å². The van der Waals surface area contributed by atoms with Crippen molar-refractivity contribution < 1.29 is 37.2 Å². The summed E-state index contributed by atoms with van der Waals surface area (Å²) in [5.41, 5.74) is 0. The molecule has 1 atom stereocenters. The van der Waals surface area contributed by atoms with E-state index in [1.54, 1.807) is 13.8 Å². The molecule has 9 heteroatoms. The summed E-state index contributed by atoms with van der Waals surface area (Å²) in [5, 5.41) is 0. The first-order chi connectivity index (χ1) is 11.4. The quantitative estimate of drug-likeness (QED) is 0.295. The Morgan fingerprint density at radius 3 is 2.08 bits per heavy atom. The zero-order valence-electron chi connectivity index (χ0n) is 13.7. The fourth-order valence-electron chi connectivity index (χ4n) is 1.43. The molecule has 0 fully saturated rings. The van der Waals surface area contributed by atoms with Crippen LogP contribution in [0.2, 0.25) is 0 Å². The number of esters is 2. The van der Waals surface area contributed by atoms with Crippen LogP contribution < -0.4 is 0 Å². The standard InChI is InChI=1S/C15H21O8P/c1-5-11-19-14(16)10-9-13(15(17)20-12-6-2)23-24(18,21-7-3)22-8-4/h1-2,13H,7-12H2,3-4H3. The molecular weight excluding hydrogens is 339 g/mol. The molecule has 0 heterocycles. The van der Waals surface area contributed by atoms with Crippen molar-refractivity contribution in [2.45, 2.75) is 32.8 Å². The Bertz CT molecular complexity index is 521. The van der Waals surface area contributed by atoms with Crippen LogP contribution in [0.15, 0.2) is 0 Å². The Labute approximate surface area is 141 Å². The highest BCUT2D eigenvalue weighted by Gasteiger charge is 2.35. The van der Waals surface area contributed by atoms with Gasteiger partial charge >= 0.3 is 19.8 Å². The molecule has 0 rings (SSSR count). The third-order valence-electron chi connectivity index (χ3n) is 2.32. The summed E-state index contributed by atoms with van der Waals surface area (Å²) >= 11 is 0. The SMILES string of the molecule is C#CCOC(=O)CCC(OP(=O)(OCC)OCC)C(=O)OCC#C. The Balaban J connectivity index is 4.94. The minimum atomic E-state index is -3.98. The van der Waals surface area contributed by atoms with Crippen LogP contribution in [-0.2, 0) is 37.2 Å². The van der Waals surface area contributed by atoms with Gasteiger partial charge < -0.3 is 9.47 Å². The number of carbonyl (C=O) groups is 2. The first-order valence-corrected chi connectivity index (χ1v) is 8.65. The van der Waals surface area contributed by atoms with Crippen LogP contribution in [0.1, 0.15) is 26.7 Å². The average molecular weight is 360 g/mol. The number of phosphoric ester groups is 1. The fourth-order valence-corrected chi connectivity index (χ4v) is 2.76. The van der Waals surface area contributed by atoms with Crippen LogP contribution in [0, 0.1) is 24.7 Å². The Morgan fingerprint density at radius 2 is 1.58 bits per heavy atom. The maximum absolute atomic E-state index is 12.4. The Morgan fingerprint density at radius 1 is 1.04 bits per heavy atom. The summed E-state index contributed by atoms with van der Waals surface area (Å²) in [6, 6.07) is 0. The molecule has 0 radical (unpaired) electrons. The van der Waals surface area contributed by atoms with Crippen molar-refractivity contribution in [2.75, 3.05) is 26.4 Å². The van der Waals surface area contributed by atoms with Crippen molar-refractivity contribution in [3.05, 3.63) is 0 Å². The number of rotatable bonds is 12. The molecule has 0 aliphatic rings. The van der Waals surface area contributed by atoms with Crippen LogP contribution in [0.25, 0.3) is 0 Å². The van der Waals surface area contributed by atoms with E-state index in [2.05, 4.69) is 16.6 Å². The van der Waals surface area contributed by atoms with Crippen molar-refractivity contribution in [2.24, 2.45) is 0 Å². The maximum Gasteiger partial charge on any atom is 0.475 e. The molecule has 0 bridgehead atoms. The van der Waals surface area contributed by atoms with Crippen molar-refractivity contribution in [3.63, 3.8) is 0 Å². The van der Waals surface area contributed by atoms with Gasteiger partial charge in [0, 0.05) is 6.42 Å². The summed E-state index contributed by atoms with van der Waals surface area (Å²) in [5.74, 6) is 2.72. The van der Waals surface area contributed by atoms with Crippen molar-refractivity contribution >= 4 is 19.8 Å². The smallest absolute Gasteiger partial charge is 0.452 e. The lowest BCUT2D eigenvalue weighted by Gasteiger charge is -2.21. The van der Waals surface area contributed by atoms with Gasteiger partial charge in [-0.05, 0) is 20.3 Å². The van der Waals surface area contributed by atoms with E-state index in [0.717, 1.165) is 0 Å². The molecule has 0 spiro atoms. The van der Waals surface area contributed by atoms with Crippen molar-refractivity contribution in [1.29, 1.82) is 0 Å². The molecule has 8 nitrogen and oxygen atoms in total. The first kappa shape index (κ1) is 22.2. The van der Waals surface area contributed by atoms with Crippen LogP contribution in [-0.4, -0.2) is 44.5 Å². The van der Waals surface area contributed by atoms with Crippen LogP contribution in [0.4, 0.5) is 0 Å². The van der Waals surface area contributed by atoms with Gasteiger partial charge in [-0.15, -0.1) is 12.8 Å². The third kappa shape index (κ3) is 9.34. The summed E-state index contributed by atoms with van der Waals surface area (Å²) in [7, 11) is -3.98. The van der Waals surface area contributed by atoms with Crippen molar-refractivity contribution in [3.8, 4) is 24.7 Å². The second-order valence-corrected chi connectivity index (χ2v) is 5.71. The van der Waals surface area contributed by atoms with E-state index >= 15 is 0 Å². The van der Waals surface area contributed by atoms with Crippen LogP contribution >= 0.6 is 7.82 Å². The maximum atomic E-state index is 12.4. The van der Waals surface area contributed by atoms with E-state index in [4.69, 9.17) is 31.2 Å². The number of terminal acetylenes is 2. The molecule has 0 aromatic rings. The fraction of sp³-hybridized carbons (Fsp3) is 0.600. The van der Waals surface area contributed by atoms with E-state index in [0.29, 0.717) is 0 Å². The lowest BCUT2D eigenvalue weighted by molar-refractivity contribution is -0.153. The monoisotopic (exact) mass is 360 g/mol. The number of phosphoric acid groups is 1. The molecule has 0 saturated heterocycles. The van der Waals surface area contributed by atoms with Gasteiger partial charge in [-0.2, -0.15) is 0 Å². The van der Waals surface area contributed by atoms with Crippen LogP contribution in [0.5, 0.6) is 0 Å².